The van der Waals surface area contributed by atoms with E-state index in [4.69, 9.17) is 5.11 Å². The normalized spacial score (nSPS) is 20.2. The Kier molecular flexibility index (Phi) is 2.25. The van der Waals surface area contributed by atoms with Gasteiger partial charge in [0.15, 0.2) is 0 Å². The van der Waals surface area contributed by atoms with Gasteiger partial charge in [-0.1, -0.05) is 17.7 Å². The summed E-state index contributed by atoms with van der Waals surface area (Å²) in [5, 5.41) is 12.2. The molecule has 0 unspecified atom stereocenters. The summed E-state index contributed by atoms with van der Waals surface area (Å²) >= 11 is 0. The summed E-state index contributed by atoms with van der Waals surface area (Å²) < 4.78 is 0. The summed E-state index contributed by atoms with van der Waals surface area (Å²) in [5.41, 5.74) is 2.34. The largest absolute Gasteiger partial charge is 0.478 e. The molecule has 0 aliphatic carbocycles. The number of aromatic carboxylic acids is 1. The standard InChI is InChI=1S/C11H13NO2/c1-7-2-3-8(10-4-5-12-10)9(6-7)11(13)14/h2-3,6,10,12H,4-5H2,1H3,(H,13,14)/t10-/m1/s1. The maximum atomic E-state index is 11.0. The third kappa shape index (κ3) is 1.51. The van der Waals surface area contributed by atoms with Crippen molar-refractivity contribution >= 4 is 5.97 Å². The van der Waals surface area contributed by atoms with Gasteiger partial charge in [-0.3, -0.25) is 0 Å². The number of benzene rings is 1. The monoisotopic (exact) mass is 191 g/mol. The van der Waals surface area contributed by atoms with Crippen LogP contribution in [0.25, 0.3) is 0 Å². The van der Waals surface area contributed by atoms with Gasteiger partial charge in [0.2, 0.25) is 0 Å². The van der Waals surface area contributed by atoms with Gasteiger partial charge in [0.05, 0.1) is 5.56 Å². The summed E-state index contributed by atoms with van der Waals surface area (Å²) in [6.45, 7) is 2.89. The predicted molar refractivity (Wildman–Crippen MR) is 53.5 cm³/mol. The van der Waals surface area contributed by atoms with E-state index in [1.54, 1.807) is 6.07 Å². The highest BCUT2D eigenvalue weighted by Crippen LogP contribution is 2.26. The zero-order valence-corrected chi connectivity index (χ0v) is 8.08. The van der Waals surface area contributed by atoms with Crippen LogP contribution in [0.3, 0.4) is 0 Å². The quantitative estimate of drug-likeness (QED) is 0.748. The van der Waals surface area contributed by atoms with Crippen molar-refractivity contribution in [2.45, 2.75) is 19.4 Å². The lowest BCUT2D eigenvalue weighted by molar-refractivity contribution is 0.0694. The smallest absolute Gasteiger partial charge is 0.336 e. The fraction of sp³-hybridized carbons (Fsp3) is 0.364. The van der Waals surface area contributed by atoms with Crippen LogP contribution in [0, 0.1) is 6.92 Å². The van der Waals surface area contributed by atoms with Gasteiger partial charge in [0.25, 0.3) is 0 Å². The number of hydrogen-bond donors (Lipinski definition) is 2. The van der Waals surface area contributed by atoms with E-state index in [0.717, 1.165) is 24.1 Å². The van der Waals surface area contributed by atoms with Crippen LogP contribution < -0.4 is 5.32 Å². The molecular weight excluding hydrogens is 178 g/mol. The highest BCUT2D eigenvalue weighted by molar-refractivity contribution is 5.89. The first-order valence-electron chi connectivity index (χ1n) is 4.75. The number of rotatable bonds is 2. The molecule has 0 aromatic heterocycles. The zero-order valence-electron chi connectivity index (χ0n) is 8.08. The van der Waals surface area contributed by atoms with E-state index in [9.17, 15) is 4.79 Å². The number of carboxylic acid groups (broad SMARTS) is 1. The maximum Gasteiger partial charge on any atom is 0.336 e. The molecule has 1 aliphatic rings. The van der Waals surface area contributed by atoms with E-state index >= 15 is 0 Å². The second-order valence-electron chi connectivity index (χ2n) is 3.69. The second kappa shape index (κ2) is 3.42. The molecule has 3 nitrogen and oxygen atoms in total. The molecule has 0 saturated carbocycles. The van der Waals surface area contributed by atoms with Crippen LogP contribution in [0.15, 0.2) is 18.2 Å². The molecule has 0 bridgehead atoms. The molecule has 74 valence electrons. The SMILES string of the molecule is Cc1ccc([C@H]2CCN2)c(C(=O)O)c1. The molecule has 1 aromatic rings. The van der Waals surface area contributed by atoms with Gasteiger partial charge >= 0.3 is 5.97 Å². The Labute approximate surface area is 82.8 Å². The van der Waals surface area contributed by atoms with E-state index in [1.807, 2.05) is 19.1 Å². The molecule has 0 radical (unpaired) electrons. The van der Waals surface area contributed by atoms with Crippen molar-refractivity contribution in [3.63, 3.8) is 0 Å². The van der Waals surface area contributed by atoms with Crippen LogP contribution in [0.4, 0.5) is 0 Å². The molecule has 0 amide bonds. The Hall–Kier alpha value is -1.35. The highest BCUT2D eigenvalue weighted by atomic mass is 16.4. The summed E-state index contributed by atoms with van der Waals surface area (Å²) in [5.74, 6) is -0.836. The Balaban J connectivity index is 2.41. The van der Waals surface area contributed by atoms with Crippen LogP contribution in [0.2, 0.25) is 0 Å². The fourth-order valence-corrected chi connectivity index (χ4v) is 1.71. The Bertz CT molecular complexity index is 370. The third-order valence-corrected chi connectivity index (χ3v) is 2.64. The minimum absolute atomic E-state index is 0.238. The molecule has 0 spiro atoms. The first kappa shape index (κ1) is 9.21. The average Bonchev–Trinajstić information content (AvgIpc) is 2.04. The number of aryl methyl sites for hydroxylation is 1. The van der Waals surface area contributed by atoms with E-state index in [2.05, 4.69) is 5.32 Å². The number of carboxylic acids is 1. The van der Waals surface area contributed by atoms with Gasteiger partial charge in [0.1, 0.15) is 0 Å². The first-order chi connectivity index (χ1) is 6.68. The molecule has 1 atom stereocenters. The minimum Gasteiger partial charge on any atom is -0.478 e. The van der Waals surface area contributed by atoms with Crippen molar-refractivity contribution in [3.05, 3.63) is 34.9 Å². The maximum absolute atomic E-state index is 11.0. The Morgan fingerprint density at radius 3 is 2.79 bits per heavy atom. The fourth-order valence-electron chi connectivity index (χ4n) is 1.71. The number of nitrogens with one attached hydrogen (secondary N) is 1. The molecule has 1 saturated heterocycles. The minimum atomic E-state index is -0.836. The summed E-state index contributed by atoms with van der Waals surface area (Å²) in [4.78, 5) is 11.0. The first-order valence-corrected chi connectivity index (χ1v) is 4.75. The predicted octanol–water partition coefficient (Wildman–Crippen LogP) is 1.73. The topological polar surface area (TPSA) is 49.3 Å². The van der Waals surface area contributed by atoms with Gasteiger partial charge in [-0.2, -0.15) is 0 Å². The van der Waals surface area contributed by atoms with Gasteiger partial charge in [-0.05, 0) is 31.5 Å². The molecule has 1 heterocycles. The van der Waals surface area contributed by atoms with Crippen molar-refractivity contribution in [2.24, 2.45) is 0 Å². The van der Waals surface area contributed by atoms with Crippen molar-refractivity contribution < 1.29 is 9.90 Å². The molecular formula is C11H13NO2. The van der Waals surface area contributed by atoms with E-state index in [-0.39, 0.29) is 6.04 Å². The van der Waals surface area contributed by atoms with Gasteiger partial charge < -0.3 is 10.4 Å². The van der Waals surface area contributed by atoms with Gasteiger partial charge in [0, 0.05) is 6.04 Å². The van der Waals surface area contributed by atoms with E-state index in [1.165, 1.54) is 0 Å². The van der Waals surface area contributed by atoms with E-state index in [0.29, 0.717) is 5.56 Å². The molecule has 1 fully saturated rings. The lowest BCUT2D eigenvalue weighted by Gasteiger charge is -2.29. The molecule has 2 N–H and O–H groups in total. The molecule has 2 rings (SSSR count). The number of hydrogen-bond acceptors (Lipinski definition) is 2. The van der Waals surface area contributed by atoms with Crippen LogP contribution in [0.5, 0.6) is 0 Å². The lowest BCUT2D eigenvalue weighted by Crippen LogP contribution is -2.36. The van der Waals surface area contributed by atoms with Crippen LogP contribution in [-0.4, -0.2) is 17.6 Å². The average molecular weight is 191 g/mol. The van der Waals surface area contributed by atoms with Gasteiger partial charge in [-0.15, -0.1) is 0 Å². The highest BCUT2D eigenvalue weighted by Gasteiger charge is 2.23. The zero-order chi connectivity index (χ0) is 10.1. The molecule has 1 aliphatic heterocycles. The van der Waals surface area contributed by atoms with Crippen molar-refractivity contribution in [1.29, 1.82) is 0 Å². The number of carbonyl (C=O) groups is 1. The lowest BCUT2D eigenvalue weighted by atomic mass is 9.92. The Morgan fingerprint density at radius 2 is 2.29 bits per heavy atom. The molecule has 14 heavy (non-hydrogen) atoms. The van der Waals surface area contributed by atoms with Crippen LogP contribution >= 0.6 is 0 Å². The van der Waals surface area contributed by atoms with Gasteiger partial charge in [-0.25, -0.2) is 4.79 Å². The third-order valence-electron chi connectivity index (χ3n) is 2.64. The second-order valence-corrected chi connectivity index (χ2v) is 3.69. The summed E-state index contributed by atoms with van der Waals surface area (Å²) in [7, 11) is 0. The van der Waals surface area contributed by atoms with Crippen molar-refractivity contribution in [3.8, 4) is 0 Å². The van der Waals surface area contributed by atoms with Crippen LogP contribution in [-0.2, 0) is 0 Å². The molecule has 3 heteroatoms. The van der Waals surface area contributed by atoms with E-state index < -0.39 is 5.97 Å². The van der Waals surface area contributed by atoms with Crippen molar-refractivity contribution in [1.82, 2.24) is 5.32 Å². The summed E-state index contributed by atoms with van der Waals surface area (Å²) in [6, 6.07) is 5.84. The van der Waals surface area contributed by atoms with Crippen LogP contribution in [0.1, 0.15) is 33.9 Å². The molecule has 1 aromatic carbocycles. The Morgan fingerprint density at radius 1 is 1.57 bits per heavy atom. The summed E-state index contributed by atoms with van der Waals surface area (Å²) in [6.07, 6.45) is 1.03. The van der Waals surface area contributed by atoms with Crippen molar-refractivity contribution in [2.75, 3.05) is 6.54 Å².